The lowest BCUT2D eigenvalue weighted by atomic mass is 10.1. The lowest BCUT2D eigenvalue weighted by molar-refractivity contribution is -0.0114. The molecule has 2 nitrogen and oxygen atoms in total. The molecule has 1 aliphatic rings. The Morgan fingerprint density at radius 1 is 1.56 bits per heavy atom. The zero-order valence-corrected chi connectivity index (χ0v) is 6.00. The van der Waals surface area contributed by atoms with Crippen molar-refractivity contribution in [1.29, 1.82) is 0 Å². The molecule has 0 aromatic heterocycles. The van der Waals surface area contributed by atoms with Crippen molar-refractivity contribution in [3.05, 3.63) is 0 Å². The van der Waals surface area contributed by atoms with E-state index in [1.807, 2.05) is 6.92 Å². The van der Waals surface area contributed by atoms with E-state index < -0.39 is 0 Å². The van der Waals surface area contributed by atoms with Crippen LogP contribution in [0.3, 0.4) is 0 Å². The van der Waals surface area contributed by atoms with Crippen LogP contribution in [-0.2, 0) is 4.74 Å². The van der Waals surface area contributed by atoms with Crippen LogP contribution >= 0.6 is 0 Å². The van der Waals surface area contributed by atoms with Crippen LogP contribution in [0.2, 0.25) is 0 Å². The van der Waals surface area contributed by atoms with E-state index in [-0.39, 0.29) is 12.2 Å². The first-order valence-electron chi connectivity index (χ1n) is 3.46. The van der Waals surface area contributed by atoms with Crippen LogP contribution in [0.5, 0.6) is 0 Å². The standard InChI is InChI=1S/C7H14O2/c1-5(9-2)7(8)6-3-4-6/h5-8H,3-4H2,1-2H3/t5-,7+/m1/s1. The molecule has 0 aliphatic heterocycles. The topological polar surface area (TPSA) is 29.5 Å². The molecular weight excluding hydrogens is 116 g/mol. The number of aliphatic hydroxyl groups excluding tert-OH is 1. The van der Waals surface area contributed by atoms with Crippen LogP contribution in [-0.4, -0.2) is 24.4 Å². The van der Waals surface area contributed by atoms with Gasteiger partial charge >= 0.3 is 0 Å². The summed E-state index contributed by atoms with van der Waals surface area (Å²) in [7, 11) is 1.64. The van der Waals surface area contributed by atoms with E-state index in [9.17, 15) is 5.11 Å². The Kier molecular flexibility index (Phi) is 2.09. The quantitative estimate of drug-likeness (QED) is 0.612. The third-order valence-corrected chi connectivity index (χ3v) is 1.96. The van der Waals surface area contributed by atoms with Crippen molar-refractivity contribution < 1.29 is 9.84 Å². The second kappa shape index (κ2) is 2.67. The monoisotopic (exact) mass is 130 g/mol. The molecule has 0 heterocycles. The van der Waals surface area contributed by atoms with Crippen LogP contribution in [0, 0.1) is 5.92 Å². The van der Waals surface area contributed by atoms with E-state index in [0.29, 0.717) is 5.92 Å². The van der Waals surface area contributed by atoms with Gasteiger partial charge in [-0.15, -0.1) is 0 Å². The lowest BCUT2D eigenvalue weighted by Crippen LogP contribution is -2.26. The van der Waals surface area contributed by atoms with Gasteiger partial charge in [0.1, 0.15) is 0 Å². The van der Waals surface area contributed by atoms with E-state index in [4.69, 9.17) is 4.74 Å². The molecule has 9 heavy (non-hydrogen) atoms. The van der Waals surface area contributed by atoms with Gasteiger partial charge in [-0.05, 0) is 25.7 Å². The van der Waals surface area contributed by atoms with Crippen molar-refractivity contribution in [2.24, 2.45) is 5.92 Å². The third-order valence-electron chi connectivity index (χ3n) is 1.96. The number of hydrogen-bond donors (Lipinski definition) is 1. The second-order valence-corrected chi connectivity index (χ2v) is 2.77. The molecule has 2 atom stereocenters. The van der Waals surface area contributed by atoms with Crippen LogP contribution in [0.1, 0.15) is 19.8 Å². The molecule has 0 saturated heterocycles. The Morgan fingerprint density at radius 2 is 2.11 bits per heavy atom. The fourth-order valence-corrected chi connectivity index (χ4v) is 0.960. The first kappa shape index (κ1) is 7.03. The minimum absolute atomic E-state index is 0.0116. The number of ether oxygens (including phenoxy) is 1. The van der Waals surface area contributed by atoms with Gasteiger partial charge in [-0.3, -0.25) is 0 Å². The summed E-state index contributed by atoms with van der Waals surface area (Å²) >= 11 is 0. The molecule has 1 saturated carbocycles. The van der Waals surface area contributed by atoms with Gasteiger partial charge in [-0.1, -0.05) is 0 Å². The maximum atomic E-state index is 9.33. The summed E-state index contributed by atoms with van der Waals surface area (Å²) in [6.45, 7) is 1.91. The highest BCUT2D eigenvalue weighted by Gasteiger charge is 2.33. The number of aliphatic hydroxyl groups is 1. The van der Waals surface area contributed by atoms with Gasteiger partial charge in [0, 0.05) is 7.11 Å². The molecular formula is C7H14O2. The molecule has 1 rings (SSSR count). The summed E-state index contributed by atoms with van der Waals surface area (Å²) in [4.78, 5) is 0. The lowest BCUT2D eigenvalue weighted by Gasteiger charge is -2.15. The van der Waals surface area contributed by atoms with E-state index in [1.165, 1.54) is 12.8 Å². The smallest absolute Gasteiger partial charge is 0.0827 e. The maximum Gasteiger partial charge on any atom is 0.0827 e. The maximum absolute atomic E-state index is 9.33. The second-order valence-electron chi connectivity index (χ2n) is 2.77. The first-order valence-corrected chi connectivity index (χ1v) is 3.46. The van der Waals surface area contributed by atoms with Crippen molar-refractivity contribution in [2.75, 3.05) is 7.11 Å². The molecule has 0 aromatic carbocycles. The summed E-state index contributed by atoms with van der Waals surface area (Å²) in [6.07, 6.45) is 2.14. The largest absolute Gasteiger partial charge is 0.390 e. The van der Waals surface area contributed by atoms with Crippen molar-refractivity contribution in [1.82, 2.24) is 0 Å². The molecule has 0 aromatic rings. The van der Waals surface area contributed by atoms with Crippen LogP contribution in [0.4, 0.5) is 0 Å². The molecule has 54 valence electrons. The molecule has 2 heteroatoms. The minimum atomic E-state index is -0.227. The van der Waals surface area contributed by atoms with Gasteiger partial charge in [-0.2, -0.15) is 0 Å². The number of rotatable bonds is 3. The van der Waals surface area contributed by atoms with Crippen molar-refractivity contribution >= 4 is 0 Å². The average Bonchev–Trinajstić information content (AvgIpc) is 2.66. The van der Waals surface area contributed by atoms with E-state index in [0.717, 1.165) is 0 Å². The zero-order valence-electron chi connectivity index (χ0n) is 6.00. The van der Waals surface area contributed by atoms with Gasteiger partial charge in [0.25, 0.3) is 0 Å². The summed E-state index contributed by atoms with van der Waals surface area (Å²) in [5.74, 6) is 0.528. The predicted octanol–water partition coefficient (Wildman–Crippen LogP) is 0.792. The summed E-state index contributed by atoms with van der Waals surface area (Å²) in [6, 6.07) is 0. The molecule has 0 spiro atoms. The fraction of sp³-hybridized carbons (Fsp3) is 1.00. The molecule has 0 radical (unpaired) electrons. The van der Waals surface area contributed by atoms with Gasteiger partial charge < -0.3 is 9.84 Å². The van der Waals surface area contributed by atoms with Crippen molar-refractivity contribution in [3.8, 4) is 0 Å². The SMILES string of the molecule is CO[C@H](C)[C@H](O)C1CC1. The van der Waals surface area contributed by atoms with Crippen LogP contribution < -0.4 is 0 Å². The fourth-order valence-electron chi connectivity index (χ4n) is 0.960. The third kappa shape index (κ3) is 1.66. The predicted molar refractivity (Wildman–Crippen MR) is 35.2 cm³/mol. The number of methoxy groups -OCH3 is 1. The Balaban J connectivity index is 2.22. The summed E-state index contributed by atoms with van der Waals surface area (Å²) in [5.41, 5.74) is 0. The Bertz CT molecular complexity index is 88.9. The van der Waals surface area contributed by atoms with Gasteiger partial charge in [0.2, 0.25) is 0 Å². The van der Waals surface area contributed by atoms with Crippen molar-refractivity contribution in [2.45, 2.75) is 32.0 Å². The van der Waals surface area contributed by atoms with Crippen LogP contribution in [0.15, 0.2) is 0 Å². The Hall–Kier alpha value is -0.0800. The minimum Gasteiger partial charge on any atom is -0.390 e. The highest BCUT2D eigenvalue weighted by atomic mass is 16.5. The molecule has 1 N–H and O–H groups in total. The Morgan fingerprint density at radius 3 is 2.44 bits per heavy atom. The molecule has 1 fully saturated rings. The molecule has 0 amide bonds. The highest BCUT2D eigenvalue weighted by Crippen LogP contribution is 2.34. The van der Waals surface area contributed by atoms with Crippen LogP contribution in [0.25, 0.3) is 0 Å². The van der Waals surface area contributed by atoms with E-state index in [2.05, 4.69) is 0 Å². The number of hydrogen-bond acceptors (Lipinski definition) is 2. The summed E-state index contributed by atoms with van der Waals surface area (Å²) in [5, 5.41) is 9.33. The van der Waals surface area contributed by atoms with Crippen molar-refractivity contribution in [3.63, 3.8) is 0 Å². The molecule has 0 unspecified atom stereocenters. The summed E-state index contributed by atoms with van der Waals surface area (Å²) < 4.78 is 4.96. The molecule has 1 aliphatic carbocycles. The van der Waals surface area contributed by atoms with Gasteiger partial charge in [-0.25, -0.2) is 0 Å². The Labute approximate surface area is 55.8 Å². The van der Waals surface area contributed by atoms with Gasteiger partial charge in [0.15, 0.2) is 0 Å². The van der Waals surface area contributed by atoms with Gasteiger partial charge in [0.05, 0.1) is 12.2 Å². The normalized spacial score (nSPS) is 25.7. The van der Waals surface area contributed by atoms with E-state index in [1.54, 1.807) is 7.11 Å². The van der Waals surface area contributed by atoms with E-state index >= 15 is 0 Å². The molecule has 0 bridgehead atoms. The first-order chi connectivity index (χ1) is 4.25. The zero-order chi connectivity index (χ0) is 6.85. The highest BCUT2D eigenvalue weighted by molar-refractivity contribution is 4.84. The average molecular weight is 130 g/mol.